The highest BCUT2D eigenvalue weighted by atomic mass is 79.9. The fraction of sp³-hybridized carbons (Fsp3) is 0.231. The van der Waals surface area contributed by atoms with Crippen molar-refractivity contribution in [1.29, 1.82) is 0 Å². The normalized spacial score (nSPS) is 10.7. The average molecular weight is 326 g/mol. The Morgan fingerprint density at radius 3 is 2.74 bits per heavy atom. The number of aromatic nitrogens is 2. The minimum Gasteiger partial charge on any atom is -0.399 e. The standard InChI is InChI=1S/C13H13BrFN3O/c1-7-12(14)8(2)18(13(19)17-7)6-9-3-4-10(16)5-11(9)15/h3-5H,6,16H2,1-2H3. The van der Waals surface area contributed by atoms with Crippen molar-refractivity contribution >= 4 is 21.6 Å². The molecule has 1 aromatic heterocycles. The molecule has 0 aliphatic carbocycles. The van der Waals surface area contributed by atoms with Crippen molar-refractivity contribution in [1.82, 2.24) is 9.55 Å². The van der Waals surface area contributed by atoms with Crippen LogP contribution in [0.1, 0.15) is 17.0 Å². The number of rotatable bonds is 2. The average Bonchev–Trinajstić information content (AvgIpc) is 2.34. The molecule has 0 aliphatic heterocycles. The van der Waals surface area contributed by atoms with E-state index in [1.54, 1.807) is 26.0 Å². The molecule has 1 aromatic carbocycles. The third-order valence-corrected chi connectivity index (χ3v) is 4.09. The van der Waals surface area contributed by atoms with E-state index in [9.17, 15) is 9.18 Å². The Kier molecular flexibility index (Phi) is 3.71. The Hall–Kier alpha value is -1.69. The zero-order valence-electron chi connectivity index (χ0n) is 10.6. The Bertz CT molecular complexity index is 697. The first kappa shape index (κ1) is 13.7. The molecule has 2 rings (SSSR count). The van der Waals surface area contributed by atoms with Gasteiger partial charge in [-0.05, 0) is 41.9 Å². The third-order valence-electron chi connectivity index (χ3n) is 2.94. The highest BCUT2D eigenvalue weighted by Gasteiger charge is 2.11. The number of anilines is 1. The summed E-state index contributed by atoms with van der Waals surface area (Å²) in [6, 6.07) is 4.42. The SMILES string of the molecule is Cc1nc(=O)n(Cc2ccc(N)cc2F)c(C)c1Br. The second-order valence-electron chi connectivity index (χ2n) is 4.32. The molecule has 0 saturated heterocycles. The van der Waals surface area contributed by atoms with E-state index in [0.29, 0.717) is 22.6 Å². The van der Waals surface area contributed by atoms with Crippen LogP contribution in [0.3, 0.4) is 0 Å². The maximum Gasteiger partial charge on any atom is 0.348 e. The zero-order valence-corrected chi connectivity index (χ0v) is 12.2. The molecule has 0 amide bonds. The van der Waals surface area contributed by atoms with Crippen molar-refractivity contribution in [2.24, 2.45) is 0 Å². The number of aryl methyl sites for hydroxylation is 1. The Balaban J connectivity index is 2.50. The Morgan fingerprint density at radius 1 is 1.42 bits per heavy atom. The highest BCUT2D eigenvalue weighted by Crippen LogP contribution is 2.19. The molecule has 100 valence electrons. The second-order valence-corrected chi connectivity index (χ2v) is 5.11. The van der Waals surface area contributed by atoms with Gasteiger partial charge in [0.05, 0.1) is 16.7 Å². The van der Waals surface area contributed by atoms with Crippen LogP contribution in [0.15, 0.2) is 27.5 Å². The number of hydrogen-bond acceptors (Lipinski definition) is 3. The first-order valence-corrected chi connectivity index (χ1v) is 6.47. The zero-order chi connectivity index (χ0) is 14.2. The molecule has 0 spiro atoms. The molecule has 4 nitrogen and oxygen atoms in total. The summed E-state index contributed by atoms with van der Waals surface area (Å²) in [5.74, 6) is -0.428. The van der Waals surface area contributed by atoms with Crippen LogP contribution < -0.4 is 11.4 Å². The summed E-state index contributed by atoms with van der Waals surface area (Å²) in [4.78, 5) is 15.8. The number of halogens is 2. The quantitative estimate of drug-likeness (QED) is 0.862. The van der Waals surface area contributed by atoms with E-state index in [0.717, 1.165) is 4.47 Å². The molecular formula is C13H13BrFN3O. The van der Waals surface area contributed by atoms with Gasteiger partial charge in [0.15, 0.2) is 0 Å². The van der Waals surface area contributed by atoms with Crippen molar-refractivity contribution < 1.29 is 4.39 Å². The van der Waals surface area contributed by atoms with Gasteiger partial charge in [-0.15, -0.1) is 0 Å². The lowest BCUT2D eigenvalue weighted by atomic mass is 10.2. The monoisotopic (exact) mass is 325 g/mol. The van der Waals surface area contributed by atoms with Crippen LogP contribution in [0.5, 0.6) is 0 Å². The summed E-state index contributed by atoms with van der Waals surface area (Å²) in [5.41, 5.74) is 7.20. The van der Waals surface area contributed by atoms with Gasteiger partial charge < -0.3 is 5.73 Å². The van der Waals surface area contributed by atoms with Crippen molar-refractivity contribution in [3.8, 4) is 0 Å². The van der Waals surface area contributed by atoms with E-state index in [1.807, 2.05) is 0 Å². The van der Waals surface area contributed by atoms with Crippen LogP contribution in [-0.4, -0.2) is 9.55 Å². The van der Waals surface area contributed by atoms with Gasteiger partial charge in [-0.1, -0.05) is 6.07 Å². The summed E-state index contributed by atoms with van der Waals surface area (Å²) in [7, 11) is 0. The van der Waals surface area contributed by atoms with Crippen LogP contribution in [0.4, 0.5) is 10.1 Å². The third kappa shape index (κ3) is 2.68. The van der Waals surface area contributed by atoms with Crippen LogP contribution in [0, 0.1) is 19.7 Å². The molecule has 0 unspecified atom stereocenters. The summed E-state index contributed by atoms with van der Waals surface area (Å²) < 4.78 is 15.9. The van der Waals surface area contributed by atoms with Gasteiger partial charge in [0.25, 0.3) is 0 Å². The van der Waals surface area contributed by atoms with Crippen molar-refractivity contribution in [2.45, 2.75) is 20.4 Å². The molecule has 0 bridgehead atoms. The summed E-state index contributed by atoms with van der Waals surface area (Å²) in [5, 5.41) is 0. The fourth-order valence-electron chi connectivity index (χ4n) is 1.83. The lowest BCUT2D eigenvalue weighted by molar-refractivity contribution is 0.588. The molecule has 0 saturated carbocycles. The van der Waals surface area contributed by atoms with E-state index in [2.05, 4.69) is 20.9 Å². The van der Waals surface area contributed by atoms with Gasteiger partial charge >= 0.3 is 5.69 Å². The maximum absolute atomic E-state index is 13.8. The van der Waals surface area contributed by atoms with Gasteiger partial charge in [0.1, 0.15) is 5.82 Å². The van der Waals surface area contributed by atoms with Gasteiger partial charge in [0.2, 0.25) is 0 Å². The van der Waals surface area contributed by atoms with E-state index < -0.39 is 11.5 Å². The summed E-state index contributed by atoms with van der Waals surface area (Å²) in [6.45, 7) is 3.66. The van der Waals surface area contributed by atoms with Gasteiger partial charge in [-0.3, -0.25) is 4.57 Å². The van der Waals surface area contributed by atoms with Crippen LogP contribution >= 0.6 is 15.9 Å². The predicted octanol–water partition coefficient (Wildman–Crippen LogP) is 2.39. The predicted molar refractivity (Wildman–Crippen MR) is 75.6 cm³/mol. The number of benzene rings is 1. The molecule has 0 atom stereocenters. The number of nitrogens with zero attached hydrogens (tertiary/aromatic N) is 2. The molecule has 19 heavy (non-hydrogen) atoms. The number of nitrogens with two attached hydrogens (primary N) is 1. The molecular weight excluding hydrogens is 313 g/mol. The first-order chi connectivity index (χ1) is 8.90. The Labute approximate surface area is 118 Å². The maximum atomic E-state index is 13.8. The molecule has 0 aliphatic rings. The summed E-state index contributed by atoms with van der Waals surface area (Å²) >= 11 is 3.37. The highest BCUT2D eigenvalue weighted by molar-refractivity contribution is 9.10. The van der Waals surface area contributed by atoms with Crippen molar-refractivity contribution in [3.63, 3.8) is 0 Å². The van der Waals surface area contributed by atoms with E-state index >= 15 is 0 Å². The van der Waals surface area contributed by atoms with Gasteiger partial charge in [-0.25, -0.2) is 9.18 Å². The second kappa shape index (κ2) is 5.13. The number of hydrogen-bond donors (Lipinski definition) is 1. The van der Waals surface area contributed by atoms with Crippen LogP contribution in [0.25, 0.3) is 0 Å². The molecule has 2 N–H and O–H groups in total. The number of nitrogen functional groups attached to an aromatic ring is 1. The molecule has 1 heterocycles. The smallest absolute Gasteiger partial charge is 0.348 e. The minimum atomic E-state index is -0.428. The molecule has 0 radical (unpaired) electrons. The van der Waals surface area contributed by atoms with Gasteiger partial charge in [0, 0.05) is 16.9 Å². The van der Waals surface area contributed by atoms with Crippen LogP contribution in [0.2, 0.25) is 0 Å². The lowest BCUT2D eigenvalue weighted by Gasteiger charge is -2.12. The lowest BCUT2D eigenvalue weighted by Crippen LogP contribution is -2.27. The Morgan fingerprint density at radius 2 is 2.11 bits per heavy atom. The van der Waals surface area contributed by atoms with Crippen LogP contribution in [-0.2, 0) is 6.54 Å². The minimum absolute atomic E-state index is 0.128. The fourth-order valence-corrected chi connectivity index (χ4v) is 2.13. The largest absolute Gasteiger partial charge is 0.399 e. The summed E-state index contributed by atoms with van der Waals surface area (Å²) in [6.07, 6.45) is 0. The van der Waals surface area contributed by atoms with Crippen molar-refractivity contribution in [2.75, 3.05) is 5.73 Å². The van der Waals surface area contributed by atoms with Crippen molar-refractivity contribution in [3.05, 3.63) is 55.9 Å². The van der Waals surface area contributed by atoms with E-state index in [4.69, 9.17) is 5.73 Å². The van der Waals surface area contributed by atoms with Gasteiger partial charge in [-0.2, -0.15) is 4.98 Å². The first-order valence-electron chi connectivity index (χ1n) is 5.67. The van der Waals surface area contributed by atoms with E-state index in [-0.39, 0.29) is 6.54 Å². The molecule has 2 aromatic rings. The topological polar surface area (TPSA) is 60.9 Å². The van der Waals surface area contributed by atoms with E-state index in [1.165, 1.54) is 10.6 Å². The molecule has 0 fully saturated rings. The molecule has 6 heteroatoms.